The molecule has 0 saturated heterocycles. The molecule has 140 valence electrons. The summed E-state index contributed by atoms with van der Waals surface area (Å²) in [6.07, 6.45) is 0.303. The van der Waals surface area contributed by atoms with E-state index in [4.69, 9.17) is 9.47 Å². The Morgan fingerprint density at radius 3 is 2.52 bits per heavy atom. The van der Waals surface area contributed by atoms with Gasteiger partial charge in [0.25, 0.3) is 0 Å². The average molecular weight is 365 g/mol. The number of phenols is 1. The third-order valence-electron chi connectivity index (χ3n) is 4.64. The van der Waals surface area contributed by atoms with Gasteiger partial charge in [-0.2, -0.15) is 0 Å². The van der Waals surface area contributed by atoms with Crippen LogP contribution in [0.3, 0.4) is 0 Å². The number of carbonyl (C=O) groups excluding carboxylic acids is 1. The number of ether oxygens (including phenoxy) is 2. The molecule has 5 heteroatoms. The molecule has 0 aliphatic heterocycles. The molecule has 0 fully saturated rings. The number of carbonyl (C=O) groups is 1. The third-order valence-corrected chi connectivity index (χ3v) is 4.64. The van der Waals surface area contributed by atoms with Crippen LogP contribution in [-0.2, 0) is 4.79 Å². The van der Waals surface area contributed by atoms with E-state index in [0.717, 1.165) is 10.9 Å². The Bertz CT molecular complexity index is 968. The topological polar surface area (TPSA) is 67.8 Å². The first-order valence-electron chi connectivity index (χ1n) is 8.76. The summed E-state index contributed by atoms with van der Waals surface area (Å²) in [6, 6.07) is 16.3. The van der Waals surface area contributed by atoms with E-state index in [-0.39, 0.29) is 17.6 Å². The number of aromatic hydroxyl groups is 1. The van der Waals surface area contributed by atoms with Crippen molar-refractivity contribution >= 4 is 22.4 Å². The first-order chi connectivity index (χ1) is 13.0. The van der Waals surface area contributed by atoms with Crippen LogP contribution < -0.4 is 14.8 Å². The number of benzene rings is 3. The lowest BCUT2D eigenvalue weighted by molar-refractivity contribution is -0.116. The Balaban J connectivity index is 1.78. The number of hydrogen-bond acceptors (Lipinski definition) is 4. The van der Waals surface area contributed by atoms with E-state index in [0.29, 0.717) is 29.0 Å². The monoisotopic (exact) mass is 365 g/mol. The number of anilines is 1. The molecule has 0 aromatic heterocycles. The van der Waals surface area contributed by atoms with Crippen LogP contribution in [0.25, 0.3) is 10.8 Å². The second-order valence-corrected chi connectivity index (χ2v) is 6.44. The smallest absolute Gasteiger partial charge is 0.224 e. The fourth-order valence-electron chi connectivity index (χ4n) is 3.22. The highest BCUT2D eigenvalue weighted by Gasteiger charge is 2.17. The molecule has 0 spiro atoms. The quantitative estimate of drug-likeness (QED) is 0.665. The third kappa shape index (κ3) is 3.97. The van der Waals surface area contributed by atoms with Crippen LogP contribution >= 0.6 is 0 Å². The summed E-state index contributed by atoms with van der Waals surface area (Å²) in [5.41, 5.74) is 1.63. The number of hydrogen-bond donors (Lipinski definition) is 2. The zero-order chi connectivity index (χ0) is 19.4. The Morgan fingerprint density at radius 2 is 1.78 bits per heavy atom. The van der Waals surface area contributed by atoms with Crippen LogP contribution in [0, 0.1) is 0 Å². The molecule has 0 saturated carbocycles. The summed E-state index contributed by atoms with van der Waals surface area (Å²) in [7, 11) is 3.21. The maximum absolute atomic E-state index is 12.6. The van der Waals surface area contributed by atoms with Gasteiger partial charge in [0.05, 0.1) is 14.2 Å². The summed E-state index contributed by atoms with van der Waals surface area (Å²) in [5, 5.41) is 14.5. The van der Waals surface area contributed by atoms with Gasteiger partial charge in [0.15, 0.2) is 0 Å². The summed E-state index contributed by atoms with van der Waals surface area (Å²) in [5.74, 6) is 1.47. The standard InChI is InChI=1S/C22H23NO4/c1-14(16-11-10-15(26-2)13-21(16)27-3)12-22(25)23-19-8-4-7-18-17(19)6-5-9-20(18)24/h4-11,13-14,24H,12H2,1-3H3,(H,23,25). The van der Waals surface area contributed by atoms with E-state index in [1.165, 1.54) is 0 Å². The lowest BCUT2D eigenvalue weighted by Crippen LogP contribution is -2.15. The SMILES string of the molecule is COc1ccc(C(C)CC(=O)Nc2cccc3c(O)cccc23)c(OC)c1. The number of phenolic OH excluding ortho intramolecular Hbond substituents is 1. The Morgan fingerprint density at radius 1 is 1.04 bits per heavy atom. The van der Waals surface area contributed by atoms with E-state index >= 15 is 0 Å². The lowest BCUT2D eigenvalue weighted by atomic mass is 9.96. The molecule has 0 bridgehead atoms. The van der Waals surface area contributed by atoms with Crippen molar-refractivity contribution in [3.05, 3.63) is 60.2 Å². The highest BCUT2D eigenvalue weighted by molar-refractivity contribution is 6.04. The van der Waals surface area contributed by atoms with Crippen LogP contribution in [0.4, 0.5) is 5.69 Å². The molecular weight excluding hydrogens is 342 g/mol. The van der Waals surface area contributed by atoms with Crippen molar-refractivity contribution in [1.82, 2.24) is 0 Å². The first kappa shape index (κ1) is 18.6. The molecule has 0 heterocycles. The van der Waals surface area contributed by atoms with Crippen molar-refractivity contribution in [2.45, 2.75) is 19.3 Å². The van der Waals surface area contributed by atoms with Gasteiger partial charge in [0.1, 0.15) is 17.2 Å². The molecule has 1 amide bonds. The van der Waals surface area contributed by atoms with Crippen LogP contribution in [0.5, 0.6) is 17.2 Å². The van der Waals surface area contributed by atoms with Gasteiger partial charge >= 0.3 is 0 Å². The molecule has 3 aromatic carbocycles. The maximum Gasteiger partial charge on any atom is 0.224 e. The second kappa shape index (κ2) is 7.99. The number of rotatable bonds is 6. The Kier molecular flexibility index (Phi) is 5.50. The molecule has 3 rings (SSSR count). The van der Waals surface area contributed by atoms with Crippen LogP contribution in [0.15, 0.2) is 54.6 Å². The zero-order valence-corrected chi connectivity index (χ0v) is 15.7. The van der Waals surface area contributed by atoms with Gasteiger partial charge in [0, 0.05) is 28.9 Å². The lowest BCUT2D eigenvalue weighted by Gasteiger charge is -2.17. The van der Waals surface area contributed by atoms with Crippen molar-refractivity contribution in [3.63, 3.8) is 0 Å². The van der Waals surface area contributed by atoms with E-state index in [1.54, 1.807) is 26.4 Å². The number of nitrogens with one attached hydrogen (secondary N) is 1. The van der Waals surface area contributed by atoms with Gasteiger partial charge in [-0.15, -0.1) is 0 Å². The summed E-state index contributed by atoms with van der Waals surface area (Å²) < 4.78 is 10.7. The first-order valence-corrected chi connectivity index (χ1v) is 8.76. The van der Waals surface area contributed by atoms with Gasteiger partial charge in [-0.05, 0) is 29.7 Å². The minimum Gasteiger partial charge on any atom is -0.507 e. The van der Waals surface area contributed by atoms with Crippen LogP contribution in [0.2, 0.25) is 0 Å². The van der Waals surface area contributed by atoms with Crippen molar-refractivity contribution in [1.29, 1.82) is 0 Å². The predicted molar refractivity (Wildman–Crippen MR) is 107 cm³/mol. The van der Waals surface area contributed by atoms with E-state index in [9.17, 15) is 9.90 Å². The highest BCUT2D eigenvalue weighted by atomic mass is 16.5. The average Bonchev–Trinajstić information content (AvgIpc) is 2.68. The maximum atomic E-state index is 12.6. The van der Waals surface area contributed by atoms with Gasteiger partial charge < -0.3 is 19.9 Å². The number of methoxy groups -OCH3 is 2. The molecular formula is C22H23NO4. The number of amides is 1. The Hall–Kier alpha value is -3.21. The molecule has 27 heavy (non-hydrogen) atoms. The van der Waals surface area contributed by atoms with Gasteiger partial charge in [-0.1, -0.05) is 37.3 Å². The molecule has 1 unspecified atom stereocenters. The van der Waals surface area contributed by atoms with Crippen molar-refractivity contribution in [3.8, 4) is 17.2 Å². The number of fused-ring (bicyclic) bond motifs is 1. The Labute approximate surface area is 158 Å². The minimum atomic E-state index is -0.101. The molecule has 1 atom stereocenters. The second-order valence-electron chi connectivity index (χ2n) is 6.44. The van der Waals surface area contributed by atoms with Gasteiger partial charge in [-0.3, -0.25) is 4.79 Å². The largest absolute Gasteiger partial charge is 0.507 e. The van der Waals surface area contributed by atoms with Crippen LogP contribution in [-0.4, -0.2) is 25.2 Å². The molecule has 2 N–H and O–H groups in total. The highest BCUT2D eigenvalue weighted by Crippen LogP contribution is 2.33. The molecule has 5 nitrogen and oxygen atoms in total. The summed E-state index contributed by atoms with van der Waals surface area (Å²) in [4.78, 5) is 12.6. The van der Waals surface area contributed by atoms with Crippen molar-refractivity contribution in [2.75, 3.05) is 19.5 Å². The van der Waals surface area contributed by atoms with Gasteiger partial charge in [0.2, 0.25) is 5.91 Å². The molecule has 0 radical (unpaired) electrons. The zero-order valence-electron chi connectivity index (χ0n) is 15.7. The summed E-state index contributed by atoms with van der Waals surface area (Å²) >= 11 is 0. The van der Waals surface area contributed by atoms with E-state index in [1.807, 2.05) is 49.4 Å². The van der Waals surface area contributed by atoms with Crippen LogP contribution in [0.1, 0.15) is 24.8 Å². The van der Waals surface area contributed by atoms with Crippen molar-refractivity contribution in [2.24, 2.45) is 0 Å². The fraction of sp³-hybridized carbons (Fsp3) is 0.227. The normalized spacial score (nSPS) is 11.8. The molecule has 0 aliphatic carbocycles. The van der Waals surface area contributed by atoms with Crippen molar-refractivity contribution < 1.29 is 19.4 Å². The fourth-order valence-corrected chi connectivity index (χ4v) is 3.22. The van der Waals surface area contributed by atoms with E-state index in [2.05, 4.69) is 5.32 Å². The van der Waals surface area contributed by atoms with E-state index < -0.39 is 0 Å². The minimum absolute atomic E-state index is 0.0331. The molecule has 3 aromatic rings. The predicted octanol–water partition coefficient (Wildman–Crippen LogP) is 4.69. The van der Waals surface area contributed by atoms with Gasteiger partial charge in [-0.25, -0.2) is 0 Å². The summed E-state index contributed by atoms with van der Waals surface area (Å²) in [6.45, 7) is 1.98. The molecule has 0 aliphatic rings.